The number of carbonyl (C=O) groups is 2. The van der Waals surface area contributed by atoms with Gasteiger partial charge < -0.3 is 10.2 Å². The second-order valence-corrected chi connectivity index (χ2v) is 10.6. The van der Waals surface area contributed by atoms with Gasteiger partial charge in [0, 0.05) is 31.7 Å². The summed E-state index contributed by atoms with van der Waals surface area (Å²) >= 11 is 0. The van der Waals surface area contributed by atoms with Crippen molar-refractivity contribution >= 4 is 21.8 Å². The van der Waals surface area contributed by atoms with Crippen molar-refractivity contribution in [2.24, 2.45) is 5.92 Å². The first-order chi connectivity index (χ1) is 15.6. The van der Waals surface area contributed by atoms with Gasteiger partial charge in [0.15, 0.2) is 0 Å². The molecular formula is C25H33N3O4S. The topological polar surface area (TPSA) is 86.8 Å². The van der Waals surface area contributed by atoms with E-state index in [1.165, 1.54) is 4.31 Å². The Morgan fingerprint density at radius 3 is 2.24 bits per heavy atom. The van der Waals surface area contributed by atoms with E-state index in [1.54, 1.807) is 42.2 Å². The van der Waals surface area contributed by atoms with Crippen LogP contribution in [0.3, 0.4) is 0 Å². The lowest BCUT2D eigenvalue weighted by Crippen LogP contribution is -2.57. The van der Waals surface area contributed by atoms with Gasteiger partial charge in [-0.3, -0.25) is 9.59 Å². The Morgan fingerprint density at radius 2 is 1.64 bits per heavy atom. The molecule has 0 radical (unpaired) electrons. The number of nitrogens with one attached hydrogen (secondary N) is 1. The lowest BCUT2D eigenvalue weighted by atomic mass is 9.97. The van der Waals surface area contributed by atoms with Crippen LogP contribution >= 0.6 is 0 Å². The number of benzene rings is 2. The van der Waals surface area contributed by atoms with Crippen molar-refractivity contribution in [3.63, 3.8) is 0 Å². The fourth-order valence-corrected chi connectivity index (χ4v) is 5.70. The molecule has 1 N–H and O–H groups in total. The van der Waals surface area contributed by atoms with E-state index in [1.807, 2.05) is 39.0 Å². The number of carbonyl (C=O) groups excluding carboxylic acids is 2. The molecule has 33 heavy (non-hydrogen) atoms. The molecule has 2 amide bonds. The summed E-state index contributed by atoms with van der Waals surface area (Å²) in [5, 5.41) is 2.90. The summed E-state index contributed by atoms with van der Waals surface area (Å²) in [6.07, 6.45) is 0.729. The zero-order chi connectivity index (χ0) is 24.2. The number of piperazine rings is 1. The smallest absolute Gasteiger partial charge is 0.251 e. The molecule has 1 heterocycles. The van der Waals surface area contributed by atoms with E-state index in [0.717, 1.165) is 12.0 Å². The molecular weight excluding hydrogens is 438 g/mol. The number of amides is 2. The fraction of sp³-hybridized carbons (Fsp3) is 0.440. The average molecular weight is 472 g/mol. The molecule has 1 aliphatic rings. The Labute approximate surface area is 196 Å². The van der Waals surface area contributed by atoms with Gasteiger partial charge in [-0.15, -0.1) is 0 Å². The summed E-state index contributed by atoms with van der Waals surface area (Å²) < 4.78 is 27.8. The normalized spacial score (nSPS) is 16.8. The standard InChI is InChI=1S/C25H33N3O4S/c1-5-19(3)23(26-24(29)21-9-7-6-8-10-21)25(30)27-13-15-28(16-14-27)33(31,32)22-17-18(2)11-12-20(22)4/h6-12,17,19,23H,5,13-16H2,1-4H3,(H,26,29). The van der Waals surface area contributed by atoms with E-state index in [0.29, 0.717) is 16.0 Å². The summed E-state index contributed by atoms with van der Waals surface area (Å²) in [6.45, 7) is 8.60. The van der Waals surface area contributed by atoms with Crippen molar-refractivity contribution < 1.29 is 18.0 Å². The number of aryl methyl sites for hydroxylation is 2. The fourth-order valence-electron chi connectivity index (χ4n) is 3.97. The molecule has 2 aromatic rings. The third kappa shape index (κ3) is 5.62. The number of sulfonamides is 1. The van der Waals surface area contributed by atoms with Gasteiger partial charge in [0.2, 0.25) is 15.9 Å². The summed E-state index contributed by atoms with van der Waals surface area (Å²) in [6, 6.07) is 13.6. The van der Waals surface area contributed by atoms with Gasteiger partial charge in [-0.25, -0.2) is 8.42 Å². The lowest BCUT2D eigenvalue weighted by molar-refractivity contribution is -0.135. The Morgan fingerprint density at radius 1 is 1.00 bits per heavy atom. The van der Waals surface area contributed by atoms with E-state index in [-0.39, 0.29) is 43.9 Å². The number of nitrogens with zero attached hydrogens (tertiary/aromatic N) is 2. The molecule has 1 aliphatic heterocycles. The molecule has 0 saturated carbocycles. The third-order valence-electron chi connectivity index (χ3n) is 6.31. The molecule has 2 aromatic carbocycles. The quantitative estimate of drug-likeness (QED) is 0.673. The highest BCUT2D eigenvalue weighted by molar-refractivity contribution is 7.89. The zero-order valence-electron chi connectivity index (χ0n) is 19.7. The molecule has 2 unspecified atom stereocenters. The Bertz CT molecular complexity index is 1090. The van der Waals surface area contributed by atoms with Gasteiger partial charge in [-0.05, 0) is 49.1 Å². The third-order valence-corrected chi connectivity index (χ3v) is 8.35. The van der Waals surface area contributed by atoms with Crippen molar-refractivity contribution in [1.29, 1.82) is 0 Å². The van der Waals surface area contributed by atoms with Crippen molar-refractivity contribution in [3.8, 4) is 0 Å². The predicted molar refractivity (Wildman–Crippen MR) is 128 cm³/mol. The van der Waals surface area contributed by atoms with Crippen LogP contribution in [0.5, 0.6) is 0 Å². The lowest BCUT2D eigenvalue weighted by Gasteiger charge is -2.37. The average Bonchev–Trinajstić information content (AvgIpc) is 2.83. The first-order valence-electron chi connectivity index (χ1n) is 11.4. The molecule has 0 aliphatic carbocycles. The maximum atomic E-state index is 13.3. The van der Waals surface area contributed by atoms with Crippen LogP contribution in [0.4, 0.5) is 0 Å². The summed E-state index contributed by atoms with van der Waals surface area (Å²) in [5.74, 6) is -0.510. The van der Waals surface area contributed by atoms with E-state index in [9.17, 15) is 18.0 Å². The van der Waals surface area contributed by atoms with Gasteiger partial charge in [0.05, 0.1) is 4.90 Å². The molecule has 0 spiro atoms. The maximum absolute atomic E-state index is 13.3. The summed E-state index contributed by atoms with van der Waals surface area (Å²) in [4.78, 5) is 28.0. The maximum Gasteiger partial charge on any atom is 0.251 e. The minimum Gasteiger partial charge on any atom is -0.340 e. The second-order valence-electron chi connectivity index (χ2n) is 8.70. The monoisotopic (exact) mass is 471 g/mol. The van der Waals surface area contributed by atoms with Crippen LogP contribution in [0.2, 0.25) is 0 Å². The zero-order valence-corrected chi connectivity index (χ0v) is 20.6. The first kappa shape index (κ1) is 24.9. The van der Waals surface area contributed by atoms with Crippen LogP contribution in [0, 0.1) is 19.8 Å². The Kier molecular flexibility index (Phi) is 7.92. The number of rotatable bonds is 7. The predicted octanol–water partition coefficient (Wildman–Crippen LogP) is 2.98. The van der Waals surface area contributed by atoms with E-state index >= 15 is 0 Å². The molecule has 8 heteroatoms. The van der Waals surface area contributed by atoms with Crippen LogP contribution in [-0.2, 0) is 14.8 Å². The Hall–Kier alpha value is -2.71. The van der Waals surface area contributed by atoms with Gasteiger partial charge in [0.1, 0.15) is 6.04 Å². The van der Waals surface area contributed by atoms with Crippen LogP contribution in [0.1, 0.15) is 41.8 Å². The van der Waals surface area contributed by atoms with Gasteiger partial charge in [-0.2, -0.15) is 4.31 Å². The van der Waals surface area contributed by atoms with Gasteiger partial charge >= 0.3 is 0 Å². The SMILES string of the molecule is CCC(C)C(NC(=O)c1ccccc1)C(=O)N1CCN(S(=O)(=O)c2cc(C)ccc2C)CC1. The molecule has 0 bridgehead atoms. The first-order valence-corrected chi connectivity index (χ1v) is 12.8. The van der Waals surface area contributed by atoms with Crippen LogP contribution in [0.25, 0.3) is 0 Å². The largest absolute Gasteiger partial charge is 0.340 e. The highest BCUT2D eigenvalue weighted by Crippen LogP contribution is 2.23. The molecule has 3 rings (SSSR count). The number of hydrogen-bond acceptors (Lipinski definition) is 4. The molecule has 0 aromatic heterocycles. The van der Waals surface area contributed by atoms with Crippen molar-refractivity contribution in [1.82, 2.24) is 14.5 Å². The van der Waals surface area contributed by atoms with Gasteiger partial charge in [0.25, 0.3) is 5.91 Å². The minimum atomic E-state index is -3.63. The van der Waals surface area contributed by atoms with Crippen LogP contribution in [0.15, 0.2) is 53.4 Å². The summed E-state index contributed by atoms with van der Waals surface area (Å²) in [5.41, 5.74) is 2.10. The molecule has 7 nitrogen and oxygen atoms in total. The van der Waals surface area contributed by atoms with Crippen molar-refractivity contribution in [2.75, 3.05) is 26.2 Å². The second kappa shape index (κ2) is 10.5. The highest BCUT2D eigenvalue weighted by Gasteiger charge is 2.35. The molecule has 178 valence electrons. The molecule has 1 saturated heterocycles. The van der Waals surface area contributed by atoms with Crippen molar-refractivity contribution in [2.45, 2.75) is 45.1 Å². The summed E-state index contributed by atoms with van der Waals surface area (Å²) in [7, 11) is -3.63. The van der Waals surface area contributed by atoms with Crippen LogP contribution in [-0.4, -0.2) is 61.7 Å². The van der Waals surface area contributed by atoms with Gasteiger partial charge in [-0.1, -0.05) is 50.6 Å². The van der Waals surface area contributed by atoms with E-state index in [4.69, 9.17) is 0 Å². The minimum absolute atomic E-state index is 0.0538. The highest BCUT2D eigenvalue weighted by atomic mass is 32.2. The van der Waals surface area contributed by atoms with Crippen molar-refractivity contribution in [3.05, 3.63) is 65.2 Å². The van der Waals surface area contributed by atoms with E-state index < -0.39 is 16.1 Å². The van der Waals surface area contributed by atoms with Crippen LogP contribution < -0.4 is 5.32 Å². The Balaban J connectivity index is 1.70. The molecule has 1 fully saturated rings. The number of hydrogen-bond donors (Lipinski definition) is 1. The van der Waals surface area contributed by atoms with E-state index in [2.05, 4.69) is 5.32 Å². The molecule has 2 atom stereocenters.